The van der Waals surface area contributed by atoms with Crippen LogP contribution >= 0.6 is 0 Å². The van der Waals surface area contributed by atoms with Gasteiger partial charge in [0.1, 0.15) is 0 Å². The summed E-state index contributed by atoms with van der Waals surface area (Å²) >= 11 is 0. The monoisotopic (exact) mass is 142 g/mol. The lowest BCUT2D eigenvalue weighted by atomic mass is 10.2. The van der Waals surface area contributed by atoms with Gasteiger partial charge in [0.2, 0.25) is 0 Å². The lowest BCUT2D eigenvalue weighted by Gasteiger charge is -2.07. The fourth-order valence-electron chi connectivity index (χ4n) is 0.616. The van der Waals surface area contributed by atoms with E-state index in [1.807, 2.05) is 6.08 Å². The number of aliphatic hydroxyl groups is 1. The van der Waals surface area contributed by atoms with Gasteiger partial charge in [0.05, 0.1) is 6.26 Å². The van der Waals surface area contributed by atoms with Gasteiger partial charge in [0.25, 0.3) is 0 Å². The zero-order chi connectivity index (χ0) is 7.82. The largest absolute Gasteiger partial charge is 0.473 e. The van der Waals surface area contributed by atoms with Gasteiger partial charge in [-0.15, -0.1) is 6.58 Å². The first kappa shape index (κ1) is 9.24. The Balaban J connectivity index is 3.11. The van der Waals surface area contributed by atoms with Crippen LogP contribution in [0, 0.1) is 0 Å². The van der Waals surface area contributed by atoms with Gasteiger partial charge in [0.15, 0.2) is 6.29 Å². The Kier molecular flexibility index (Phi) is 5.88. The maximum Gasteiger partial charge on any atom is 0.196 e. The van der Waals surface area contributed by atoms with Crippen molar-refractivity contribution in [2.45, 2.75) is 25.6 Å². The van der Waals surface area contributed by atoms with Crippen molar-refractivity contribution < 1.29 is 9.84 Å². The Labute approximate surface area is 61.8 Å². The number of hydrogen-bond acceptors (Lipinski definition) is 2. The van der Waals surface area contributed by atoms with E-state index in [4.69, 9.17) is 5.11 Å². The minimum atomic E-state index is -0.697. The SMILES string of the molecule is C=CCCCC(O)OC=C. The van der Waals surface area contributed by atoms with Crippen molar-refractivity contribution in [2.75, 3.05) is 0 Å². The molecular formula is C8H14O2. The minimum absolute atomic E-state index is 0.637. The smallest absolute Gasteiger partial charge is 0.196 e. The number of allylic oxidation sites excluding steroid dienone is 1. The number of unbranched alkanes of at least 4 members (excludes halogenated alkanes) is 1. The molecule has 1 unspecified atom stereocenters. The second-order valence-electron chi connectivity index (χ2n) is 1.98. The number of rotatable bonds is 6. The van der Waals surface area contributed by atoms with E-state index < -0.39 is 6.29 Å². The molecule has 0 aliphatic heterocycles. The highest BCUT2D eigenvalue weighted by molar-refractivity contribution is 4.66. The van der Waals surface area contributed by atoms with Crippen LogP contribution in [0.2, 0.25) is 0 Å². The molecule has 1 atom stereocenters. The molecule has 58 valence electrons. The quantitative estimate of drug-likeness (QED) is 0.265. The summed E-state index contributed by atoms with van der Waals surface area (Å²) in [7, 11) is 0. The summed E-state index contributed by atoms with van der Waals surface area (Å²) in [4.78, 5) is 0. The Morgan fingerprint density at radius 1 is 1.50 bits per heavy atom. The van der Waals surface area contributed by atoms with Crippen molar-refractivity contribution in [3.8, 4) is 0 Å². The van der Waals surface area contributed by atoms with Crippen LogP contribution < -0.4 is 0 Å². The molecule has 2 heteroatoms. The van der Waals surface area contributed by atoms with Crippen LogP contribution in [0.4, 0.5) is 0 Å². The van der Waals surface area contributed by atoms with Gasteiger partial charge < -0.3 is 9.84 Å². The summed E-state index contributed by atoms with van der Waals surface area (Å²) in [6, 6.07) is 0. The second kappa shape index (κ2) is 6.36. The van der Waals surface area contributed by atoms with Gasteiger partial charge >= 0.3 is 0 Å². The molecule has 0 amide bonds. The standard InChI is InChI=1S/C8H14O2/c1-3-5-6-7-8(9)10-4-2/h3-4,8-9H,1-2,5-7H2. The van der Waals surface area contributed by atoms with Crippen LogP contribution in [0.15, 0.2) is 25.5 Å². The maximum atomic E-state index is 8.95. The van der Waals surface area contributed by atoms with Gasteiger partial charge in [-0.25, -0.2) is 0 Å². The highest BCUT2D eigenvalue weighted by Gasteiger charge is 1.98. The lowest BCUT2D eigenvalue weighted by molar-refractivity contribution is -0.0564. The predicted octanol–water partition coefficient (Wildman–Crippen LogP) is 1.82. The first-order chi connectivity index (χ1) is 4.81. The number of ether oxygens (including phenoxy) is 1. The van der Waals surface area contributed by atoms with Gasteiger partial charge in [-0.2, -0.15) is 0 Å². The maximum absolute atomic E-state index is 8.95. The van der Waals surface area contributed by atoms with Crippen molar-refractivity contribution >= 4 is 0 Å². The predicted molar refractivity (Wildman–Crippen MR) is 41.3 cm³/mol. The summed E-state index contributed by atoms with van der Waals surface area (Å²) in [6.07, 6.45) is 4.82. The summed E-state index contributed by atoms with van der Waals surface area (Å²) < 4.78 is 4.67. The molecule has 0 aliphatic rings. The molecule has 0 rings (SSSR count). The van der Waals surface area contributed by atoms with Gasteiger partial charge in [0, 0.05) is 6.42 Å². The van der Waals surface area contributed by atoms with E-state index in [-0.39, 0.29) is 0 Å². The van der Waals surface area contributed by atoms with E-state index in [2.05, 4.69) is 17.9 Å². The van der Waals surface area contributed by atoms with E-state index in [0.717, 1.165) is 12.8 Å². The molecule has 0 aromatic rings. The molecule has 2 nitrogen and oxygen atoms in total. The highest BCUT2D eigenvalue weighted by Crippen LogP contribution is 2.01. The Morgan fingerprint density at radius 2 is 2.20 bits per heavy atom. The van der Waals surface area contributed by atoms with Gasteiger partial charge in [-0.1, -0.05) is 12.7 Å². The summed E-state index contributed by atoms with van der Waals surface area (Å²) in [5.74, 6) is 0. The summed E-state index contributed by atoms with van der Waals surface area (Å²) in [6.45, 7) is 6.89. The third-order valence-corrected chi connectivity index (χ3v) is 1.11. The Bertz CT molecular complexity index is 99.4. The fraction of sp³-hybridized carbons (Fsp3) is 0.500. The topological polar surface area (TPSA) is 29.5 Å². The van der Waals surface area contributed by atoms with Crippen LogP contribution in [0.25, 0.3) is 0 Å². The highest BCUT2D eigenvalue weighted by atomic mass is 16.6. The molecule has 0 radical (unpaired) electrons. The molecule has 1 N–H and O–H groups in total. The van der Waals surface area contributed by atoms with E-state index in [1.54, 1.807) is 0 Å². The molecule has 0 heterocycles. The molecule has 0 aliphatic carbocycles. The first-order valence-corrected chi connectivity index (χ1v) is 3.36. The van der Waals surface area contributed by atoms with E-state index in [9.17, 15) is 0 Å². The molecule has 0 spiro atoms. The summed E-state index contributed by atoms with van der Waals surface area (Å²) in [5, 5.41) is 8.95. The molecular weight excluding hydrogens is 128 g/mol. The minimum Gasteiger partial charge on any atom is -0.473 e. The average molecular weight is 142 g/mol. The van der Waals surface area contributed by atoms with Crippen LogP contribution in [-0.4, -0.2) is 11.4 Å². The molecule has 0 fully saturated rings. The summed E-state index contributed by atoms with van der Waals surface area (Å²) in [5.41, 5.74) is 0. The Hall–Kier alpha value is -0.760. The van der Waals surface area contributed by atoms with Crippen LogP contribution in [0.3, 0.4) is 0 Å². The fourth-order valence-corrected chi connectivity index (χ4v) is 0.616. The number of aliphatic hydroxyl groups excluding tert-OH is 1. The van der Waals surface area contributed by atoms with Crippen molar-refractivity contribution in [3.63, 3.8) is 0 Å². The van der Waals surface area contributed by atoms with E-state index in [1.165, 1.54) is 6.26 Å². The molecule has 0 bridgehead atoms. The van der Waals surface area contributed by atoms with Crippen molar-refractivity contribution in [3.05, 3.63) is 25.5 Å². The zero-order valence-corrected chi connectivity index (χ0v) is 6.12. The molecule has 10 heavy (non-hydrogen) atoms. The normalized spacial score (nSPS) is 12.1. The Morgan fingerprint density at radius 3 is 2.70 bits per heavy atom. The molecule has 0 saturated heterocycles. The number of hydrogen-bond donors (Lipinski definition) is 1. The van der Waals surface area contributed by atoms with Gasteiger partial charge in [-0.05, 0) is 12.8 Å². The lowest BCUT2D eigenvalue weighted by Crippen LogP contribution is -2.06. The third kappa shape index (κ3) is 5.38. The van der Waals surface area contributed by atoms with Crippen molar-refractivity contribution in [2.24, 2.45) is 0 Å². The van der Waals surface area contributed by atoms with Gasteiger partial charge in [-0.3, -0.25) is 0 Å². The first-order valence-electron chi connectivity index (χ1n) is 3.36. The third-order valence-electron chi connectivity index (χ3n) is 1.11. The van der Waals surface area contributed by atoms with E-state index >= 15 is 0 Å². The van der Waals surface area contributed by atoms with Crippen LogP contribution in [0.5, 0.6) is 0 Å². The van der Waals surface area contributed by atoms with E-state index in [0.29, 0.717) is 6.42 Å². The average Bonchev–Trinajstić information content (AvgIpc) is 1.89. The second-order valence-corrected chi connectivity index (χ2v) is 1.98. The molecule has 0 aromatic carbocycles. The van der Waals surface area contributed by atoms with Crippen molar-refractivity contribution in [1.82, 2.24) is 0 Å². The molecule has 0 saturated carbocycles. The zero-order valence-electron chi connectivity index (χ0n) is 6.12. The molecule has 0 aromatic heterocycles. The van der Waals surface area contributed by atoms with Crippen LogP contribution in [0.1, 0.15) is 19.3 Å². The van der Waals surface area contributed by atoms with Crippen LogP contribution in [-0.2, 0) is 4.74 Å². The van der Waals surface area contributed by atoms with Crippen molar-refractivity contribution in [1.29, 1.82) is 0 Å².